The van der Waals surface area contributed by atoms with Crippen molar-refractivity contribution in [3.8, 4) is 0 Å². The Balaban J connectivity index is 1.31. The molecular formula is C29H31N3O2S. The first kappa shape index (κ1) is 24.6. The van der Waals surface area contributed by atoms with E-state index in [0.717, 1.165) is 27.8 Å². The van der Waals surface area contributed by atoms with Gasteiger partial charge in [-0.2, -0.15) is 0 Å². The monoisotopic (exact) mass is 485 g/mol. The molecule has 0 aliphatic rings. The van der Waals surface area contributed by atoms with Gasteiger partial charge >= 0.3 is 0 Å². The summed E-state index contributed by atoms with van der Waals surface area (Å²) < 4.78 is 2.14. The van der Waals surface area contributed by atoms with Gasteiger partial charge in [-0.3, -0.25) is 9.59 Å². The molecule has 0 saturated carbocycles. The Labute approximate surface area is 210 Å². The first-order valence-electron chi connectivity index (χ1n) is 11.9. The number of carbonyl (C=O) groups excluding carboxylic acids is 2. The molecule has 4 rings (SSSR count). The van der Waals surface area contributed by atoms with Crippen LogP contribution in [0, 0.1) is 13.8 Å². The van der Waals surface area contributed by atoms with Crippen LogP contribution in [-0.2, 0) is 17.8 Å². The summed E-state index contributed by atoms with van der Waals surface area (Å²) in [7, 11) is 0. The summed E-state index contributed by atoms with van der Waals surface area (Å²) in [6.07, 6.45) is 2.90. The number of aryl methyl sites for hydroxylation is 2. The van der Waals surface area contributed by atoms with Crippen molar-refractivity contribution in [3.05, 3.63) is 101 Å². The van der Waals surface area contributed by atoms with Gasteiger partial charge in [0.05, 0.1) is 5.75 Å². The molecule has 1 heterocycles. The minimum atomic E-state index is -0.0636. The lowest BCUT2D eigenvalue weighted by Crippen LogP contribution is -2.27. The number of hydrogen-bond donors (Lipinski definition) is 2. The standard InChI is InChI=1S/C29H31N3O2S/c1-21-12-13-24(18-22(21)2)29(34)31-16-17-32-19-27(25-10-6-7-11-26(25)32)35-20-28(33)30-15-14-23-8-4-3-5-9-23/h3-13,18-19H,14-17,20H2,1-2H3,(H,30,33)(H,31,34). The molecular weight excluding hydrogens is 454 g/mol. The van der Waals surface area contributed by atoms with Gasteiger partial charge in [0.25, 0.3) is 5.91 Å². The minimum Gasteiger partial charge on any atom is -0.355 e. The van der Waals surface area contributed by atoms with Crippen molar-refractivity contribution < 1.29 is 9.59 Å². The zero-order valence-corrected chi connectivity index (χ0v) is 21.0. The maximum absolute atomic E-state index is 12.6. The first-order valence-corrected chi connectivity index (χ1v) is 12.9. The molecule has 6 heteroatoms. The highest BCUT2D eigenvalue weighted by atomic mass is 32.2. The molecule has 0 fully saturated rings. The first-order chi connectivity index (χ1) is 17.0. The average Bonchev–Trinajstić information content (AvgIpc) is 3.22. The van der Waals surface area contributed by atoms with Gasteiger partial charge in [-0.1, -0.05) is 54.6 Å². The van der Waals surface area contributed by atoms with Gasteiger partial charge in [-0.05, 0) is 55.2 Å². The summed E-state index contributed by atoms with van der Waals surface area (Å²) in [5.74, 6) is 0.335. The average molecular weight is 486 g/mol. The molecule has 0 unspecified atom stereocenters. The lowest BCUT2D eigenvalue weighted by atomic mass is 10.1. The molecule has 2 N–H and O–H groups in total. The van der Waals surface area contributed by atoms with E-state index >= 15 is 0 Å². The normalized spacial score (nSPS) is 10.9. The number of nitrogens with zero attached hydrogens (tertiary/aromatic N) is 1. The number of benzene rings is 3. The van der Waals surface area contributed by atoms with E-state index in [2.05, 4.69) is 45.7 Å². The second-order valence-electron chi connectivity index (χ2n) is 8.63. The van der Waals surface area contributed by atoms with Gasteiger partial charge < -0.3 is 15.2 Å². The van der Waals surface area contributed by atoms with Crippen LogP contribution >= 0.6 is 11.8 Å². The van der Waals surface area contributed by atoms with E-state index in [-0.39, 0.29) is 11.8 Å². The summed E-state index contributed by atoms with van der Waals surface area (Å²) in [5.41, 5.74) is 5.28. The second kappa shape index (κ2) is 11.8. The molecule has 0 radical (unpaired) electrons. The summed E-state index contributed by atoms with van der Waals surface area (Å²) >= 11 is 1.54. The quantitative estimate of drug-likeness (QED) is 0.306. The molecule has 2 amide bonds. The number of para-hydroxylation sites is 1. The zero-order chi connectivity index (χ0) is 24.6. The molecule has 0 aliphatic carbocycles. The molecule has 0 aliphatic heterocycles. The molecule has 0 spiro atoms. The van der Waals surface area contributed by atoms with Crippen molar-refractivity contribution in [2.24, 2.45) is 0 Å². The third-order valence-corrected chi connectivity index (χ3v) is 7.14. The Morgan fingerprint density at radius 3 is 2.43 bits per heavy atom. The van der Waals surface area contributed by atoms with Crippen LogP contribution in [0.3, 0.4) is 0 Å². The van der Waals surface area contributed by atoms with Crippen molar-refractivity contribution >= 4 is 34.5 Å². The van der Waals surface area contributed by atoms with Crippen LogP contribution < -0.4 is 10.6 Å². The van der Waals surface area contributed by atoms with Crippen molar-refractivity contribution in [1.29, 1.82) is 0 Å². The Kier molecular flexibility index (Phi) is 8.27. The van der Waals surface area contributed by atoms with E-state index in [9.17, 15) is 9.59 Å². The summed E-state index contributed by atoms with van der Waals surface area (Å²) in [6.45, 7) is 5.86. The van der Waals surface area contributed by atoms with Crippen LogP contribution in [0.1, 0.15) is 27.0 Å². The van der Waals surface area contributed by atoms with Crippen molar-refractivity contribution in [2.45, 2.75) is 31.7 Å². The van der Waals surface area contributed by atoms with Gasteiger partial charge in [0.2, 0.25) is 5.91 Å². The fourth-order valence-corrected chi connectivity index (χ4v) is 4.89. The SMILES string of the molecule is Cc1ccc(C(=O)NCCn2cc(SCC(=O)NCCc3ccccc3)c3ccccc32)cc1C. The van der Waals surface area contributed by atoms with Crippen LogP contribution in [0.25, 0.3) is 10.9 Å². The summed E-state index contributed by atoms with van der Waals surface area (Å²) in [5, 5.41) is 7.16. The van der Waals surface area contributed by atoms with Crippen LogP contribution in [-0.4, -0.2) is 35.2 Å². The number of nitrogens with one attached hydrogen (secondary N) is 2. The third-order valence-electron chi connectivity index (χ3n) is 6.10. The number of thioether (sulfide) groups is 1. The number of rotatable bonds is 10. The van der Waals surface area contributed by atoms with E-state index in [1.54, 1.807) is 11.8 Å². The summed E-state index contributed by atoms with van der Waals surface area (Å²) in [4.78, 5) is 26.0. The maximum Gasteiger partial charge on any atom is 0.251 e. The van der Waals surface area contributed by atoms with Crippen molar-refractivity contribution in [2.75, 3.05) is 18.8 Å². The Morgan fingerprint density at radius 1 is 0.857 bits per heavy atom. The largest absolute Gasteiger partial charge is 0.355 e. The third kappa shape index (κ3) is 6.55. The Hall–Kier alpha value is -3.51. The highest BCUT2D eigenvalue weighted by molar-refractivity contribution is 8.00. The number of aromatic nitrogens is 1. The number of carbonyl (C=O) groups is 2. The van der Waals surface area contributed by atoms with E-state index < -0.39 is 0 Å². The topological polar surface area (TPSA) is 63.1 Å². The predicted octanol–water partition coefficient (Wildman–Crippen LogP) is 5.14. The van der Waals surface area contributed by atoms with Crippen LogP contribution in [0.4, 0.5) is 0 Å². The fourth-order valence-electron chi connectivity index (χ4n) is 3.97. The smallest absolute Gasteiger partial charge is 0.251 e. The maximum atomic E-state index is 12.6. The molecule has 3 aromatic carbocycles. The number of hydrogen-bond acceptors (Lipinski definition) is 3. The fraction of sp³-hybridized carbons (Fsp3) is 0.241. The van der Waals surface area contributed by atoms with Crippen LogP contribution in [0.2, 0.25) is 0 Å². The molecule has 4 aromatic rings. The summed E-state index contributed by atoms with van der Waals surface area (Å²) in [6, 6.07) is 24.1. The van der Waals surface area contributed by atoms with Crippen LogP contribution in [0.15, 0.2) is 83.9 Å². The molecule has 0 atom stereocenters. The zero-order valence-electron chi connectivity index (χ0n) is 20.2. The van der Waals surface area contributed by atoms with Crippen LogP contribution in [0.5, 0.6) is 0 Å². The minimum absolute atomic E-state index is 0.0309. The molecule has 5 nitrogen and oxygen atoms in total. The molecule has 0 bridgehead atoms. The van der Waals surface area contributed by atoms with Gasteiger partial charge in [-0.15, -0.1) is 11.8 Å². The van der Waals surface area contributed by atoms with Gasteiger partial charge in [0, 0.05) is 47.2 Å². The van der Waals surface area contributed by atoms with E-state index in [4.69, 9.17) is 0 Å². The molecule has 35 heavy (non-hydrogen) atoms. The van der Waals surface area contributed by atoms with Crippen molar-refractivity contribution in [1.82, 2.24) is 15.2 Å². The lowest BCUT2D eigenvalue weighted by molar-refractivity contribution is -0.118. The Morgan fingerprint density at radius 2 is 1.63 bits per heavy atom. The second-order valence-corrected chi connectivity index (χ2v) is 9.65. The number of amides is 2. The highest BCUT2D eigenvalue weighted by Crippen LogP contribution is 2.29. The Bertz CT molecular complexity index is 1310. The molecule has 180 valence electrons. The van der Waals surface area contributed by atoms with E-state index in [0.29, 0.717) is 31.0 Å². The van der Waals surface area contributed by atoms with Crippen molar-refractivity contribution in [3.63, 3.8) is 0 Å². The van der Waals surface area contributed by atoms with Gasteiger partial charge in [0.15, 0.2) is 0 Å². The van der Waals surface area contributed by atoms with Gasteiger partial charge in [-0.25, -0.2) is 0 Å². The van der Waals surface area contributed by atoms with E-state index in [1.807, 2.05) is 62.4 Å². The predicted molar refractivity (Wildman–Crippen MR) is 144 cm³/mol. The molecule has 1 aromatic heterocycles. The lowest BCUT2D eigenvalue weighted by Gasteiger charge is -2.09. The van der Waals surface area contributed by atoms with Gasteiger partial charge in [0.1, 0.15) is 0 Å². The highest BCUT2D eigenvalue weighted by Gasteiger charge is 2.12. The molecule has 0 saturated heterocycles. The van der Waals surface area contributed by atoms with E-state index in [1.165, 1.54) is 11.1 Å². The number of fused-ring (bicyclic) bond motifs is 1.